The zero-order valence-corrected chi connectivity index (χ0v) is 18.4. The SMILES string of the molecule is Cc1noc(C2CCN(c3ccc4c(c3)COC3(CCN(C5CCC5)CC3)O4)CC2)n1. The van der Waals surface area contributed by atoms with Gasteiger partial charge >= 0.3 is 0 Å². The third-order valence-electron chi connectivity index (χ3n) is 7.73. The van der Waals surface area contributed by atoms with Crippen molar-refractivity contribution < 1.29 is 14.0 Å². The molecular formula is C24H32N4O3. The lowest BCUT2D eigenvalue weighted by Gasteiger charge is -2.47. The van der Waals surface area contributed by atoms with Crippen molar-refractivity contribution in [2.75, 3.05) is 31.1 Å². The Hall–Kier alpha value is -2.12. The molecule has 31 heavy (non-hydrogen) atoms. The highest BCUT2D eigenvalue weighted by Crippen LogP contribution is 2.41. The van der Waals surface area contributed by atoms with Crippen LogP contribution in [0.15, 0.2) is 22.7 Å². The fourth-order valence-electron chi connectivity index (χ4n) is 5.51. The van der Waals surface area contributed by atoms with Gasteiger partial charge in [-0.3, -0.25) is 4.90 Å². The Morgan fingerprint density at radius 2 is 1.84 bits per heavy atom. The molecule has 4 heterocycles. The Morgan fingerprint density at radius 1 is 1.03 bits per heavy atom. The number of likely N-dealkylation sites (tertiary alicyclic amines) is 1. The number of aromatic nitrogens is 2. The minimum atomic E-state index is -0.421. The molecule has 1 aromatic heterocycles. The van der Waals surface area contributed by atoms with Gasteiger partial charge in [0.15, 0.2) is 5.82 Å². The molecule has 0 atom stereocenters. The molecule has 1 saturated carbocycles. The molecule has 3 fully saturated rings. The summed E-state index contributed by atoms with van der Waals surface area (Å²) in [4.78, 5) is 9.51. The standard InChI is InChI=1S/C24H32N4O3/c1-17-25-23(31-26-17)18-7-11-27(12-8-18)21-5-6-22-19(15-21)16-29-24(30-22)9-13-28(14-10-24)20-3-2-4-20/h5-6,15,18,20H,2-4,7-14,16H2,1H3. The first kappa shape index (κ1) is 19.6. The minimum absolute atomic E-state index is 0.368. The molecule has 0 bridgehead atoms. The second-order valence-corrected chi connectivity index (χ2v) is 9.66. The summed E-state index contributed by atoms with van der Waals surface area (Å²) < 4.78 is 18.2. The molecule has 7 heteroatoms. The van der Waals surface area contributed by atoms with Gasteiger partial charge in [-0.25, -0.2) is 0 Å². The van der Waals surface area contributed by atoms with Crippen molar-refractivity contribution in [1.82, 2.24) is 15.0 Å². The van der Waals surface area contributed by atoms with Gasteiger partial charge in [0.2, 0.25) is 11.7 Å². The van der Waals surface area contributed by atoms with E-state index < -0.39 is 5.79 Å². The smallest absolute Gasteiger partial charge is 0.229 e. The lowest BCUT2D eigenvalue weighted by molar-refractivity contribution is -0.231. The first-order chi connectivity index (χ1) is 15.2. The lowest BCUT2D eigenvalue weighted by atomic mass is 9.89. The maximum Gasteiger partial charge on any atom is 0.229 e. The van der Waals surface area contributed by atoms with Crippen LogP contribution in [0.25, 0.3) is 0 Å². The first-order valence-corrected chi connectivity index (χ1v) is 11.9. The van der Waals surface area contributed by atoms with Crippen molar-refractivity contribution in [3.63, 3.8) is 0 Å². The Labute approximate surface area is 183 Å². The fraction of sp³-hybridized carbons (Fsp3) is 0.667. The van der Waals surface area contributed by atoms with Crippen molar-refractivity contribution in [2.45, 2.75) is 76.2 Å². The molecule has 0 radical (unpaired) electrons. The number of anilines is 1. The molecule has 1 aromatic carbocycles. The summed E-state index contributed by atoms with van der Waals surface area (Å²) in [5.74, 6) is 2.46. The zero-order valence-electron chi connectivity index (χ0n) is 18.4. The number of nitrogens with zero attached hydrogens (tertiary/aromatic N) is 4. The molecule has 4 aliphatic rings. The number of rotatable bonds is 3. The average Bonchev–Trinajstić information content (AvgIpc) is 3.20. The molecule has 3 aliphatic heterocycles. The van der Waals surface area contributed by atoms with Gasteiger partial charge in [-0.1, -0.05) is 11.6 Å². The van der Waals surface area contributed by atoms with Gasteiger partial charge in [-0.2, -0.15) is 4.98 Å². The topological polar surface area (TPSA) is 63.9 Å². The summed E-state index contributed by atoms with van der Waals surface area (Å²) >= 11 is 0. The number of ether oxygens (including phenoxy) is 2. The largest absolute Gasteiger partial charge is 0.462 e. The van der Waals surface area contributed by atoms with Crippen LogP contribution in [0.2, 0.25) is 0 Å². The van der Waals surface area contributed by atoms with Crippen molar-refractivity contribution in [3.05, 3.63) is 35.5 Å². The van der Waals surface area contributed by atoms with E-state index in [2.05, 4.69) is 38.1 Å². The summed E-state index contributed by atoms with van der Waals surface area (Å²) in [6.45, 7) is 6.69. The predicted octanol–water partition coefficient (Wildman–Crippen LogP) is 4.02. The van der Waals surface area contributed by atoms with Crippen LogP contribution in [0.5, 0.6) is 5.75 Å². The Morgan fingerprint density at radius 3 is 2.52 bits per heavy atom. The second-order valence-electron chi connectivity index (χ2n) is 9.66. The van der Waals surface area contributed by atoms with Gasteiger partial charge in [0, 0.05) is 62.2 Å². The normalized spacial score (nSPS) is 24.6. The third-order valence-corrected chi connectivity index (χ3v) is 7.73. The van der Waals surface area contributed by atoms with Crippen molar-refractivity contribution >= 4 is 5.69 Å². The van der Waals surface area contributed by atoms with Gasteiger partial charge in [0.1, 0.15) is 5.75 Å². The van der Waals surface area contributed by atoms with E-state index in [9.17, 15) is 0 Å². The van der Waals surface area contributed by atoms with E-state index in [1.54, 1.807) is 0 Å². The average molecular weight is 425 g/mol. The highest BCUT2D eigenvalue weighted by molar-refractivity contribution is 5.54. The number of aryl methyl sites for hydroxylation is 1. The number of piperidine rings is 2. The summed E-state index contributed by atoms with van der Waals surface area (Å²) in [6.07, 6.45) is 8.13. The van der Waals surface area contributed by atoms with Crippen LogP contribution in [0.3, 0.4) is 0 Å². The molecule has 166 valence electrons. The maximum absolute atomic E-state index is 6.46. The van der Waals surface area contributed by atoms with Crippen molar-refractivity contribution in [2.24, 2.45) is 0 Å². The van der Waals surface area contributed by atoms with E-state index in [4.69, 9.17) is 14.0 Å². The quantitative estimate of drug-likeness (QED) is 0.737. The molecule has 1 aliphatic carbocycles. The highest BCUT2D eigenvalue weighted by Gasteiger charge is 2.42. The van der Waals surface area contributed by atoms with Gasteiger partial charge in [0.25, 0.3) is 0 Å². The predicted molar refractivity (Wildman–Crippen MR) is 116 cm³/mol. The third kappa shape index (κ3) is 3.72. The van der Waals surface area contributed by atoms with Crippen molar-refractivity contribution in [1.29, 1.82) is 0 Å². The van der Waals surface area contributed by atoms with Crippen molar-refractivity contribution in [3.8, 4) is 5.75 Å². The van der Waals surface area contributed by atoms with Crippen LogP contribution in [0, 0.1) is 6.92 Å². The number of benzene rings is 1. The summed E-state index contributed by atoms with van der Waals surface area (Å²) in [5, 5.41) is 3.94. The van der Waals surface area contributed by atoms with Gasteiger partial charge < -0.3 is 18.9 Å². The molecular weight excluding hydrogens is 392 g/mol. The van der Waals surface area contributed by atoms with Gasteiger partial charge in [-0.05, 0) is 50.8 Å². The van der Waals surface area contributed by atoms with E-state index in [1.807, 2.05) is 6.92 Å². The second kappa shape index (κ2) is 7.78. The molecule has 2 aromatic rings. The van der Waals surface area contributed by atoms with Gasteiger partial charge in [-0.15, -0.1) is 0 Å². The molecule has 1 spiro atoms. The van der Waals surface area contributed by atoms with Crippen LogP contribution in [-0.2, 0) is 11.3 Å². The lowest BCUT2D eigenvalue weighted by Crippen LogP contribution is -2.54. The Bertz CT molecular complexity index is 925. The van der Waals surface area contributed by atoms with E-state index in [1.165, 1.54) is 30.5 Å². The molecule has 2 saturated heterocycles. The fourth-order valence-corrected chi connectivity index (χ4v) is 5.51. The number of hydrogen-bond donors (Lipinski definition) is 0. The summed E-state index contributed by atoms with van der Waals surface area (Å²) in [6, 6.07) is 7.42. The molecule has 6 rings (SSSR count). The van der Waals surface area contributed by atoms with Crippen LogP contribution in [-0.4, -0.2) is 53.0 Å². The Kier molecular flexibility index (Phi) is 4.91. The summed E-state index contributed by atoms with van der Waals surface area (Å²) in [7, 11) is 0. The zero-order chi connectivity index (χ0) is 20.8. The minimum Gasteiger partial charge on any atom is -0.462 e. The van der Waals surface area contributed by atoms with E-state index in [0.29, 0.717) is 12.5 Å². The molecule has 0 N–H and O–H groups in total. The van der Waals surface area contributed by atoms with Crippen LogP contribution >= 0.6 is 0 Å². The van der Waals surface area contributed by atoms with Crippen LogP contribution < -0.4 is 9.64 Å². The van der Waals surface area contributed by atoms with Crippen LogP contribution in [0.1, 0.15) is 68.1 Å². The highest BCUT2D eigenvalue weighted by atomic mass is 16.7. The van der Waals surface area contributed by atoms with E-state index in [-0.39, 0.29) is 0 Å². The molecule has 0 unspecified atom stereocenters. The number of fused-ring (bicyclic) bond motifs is 1. The molecule has 7 nitrogen and oxygen atoms in total. The maximum atomic E-state index is 6.46. The van der Waals surface area contributed by atoms with E-state index in [0.717, 1.165) is 75.4 Å². The van der Waals surface area contributed by atoms with E-state index >= 15 is 0 Å². The Balaban J connectivity index is 1.08. The molecule has 0 amide bonds. The number of hydrogen-bond acceptors (Lipinski definition) is 7. The van der Waals surface area contributed by atoms with Crippen LogP contribution in [0.4, 0.5) is 5.69 Å². The first-order valence-electron chi connectivity index (χ1n) is 11.9. The monoisotopic (exact) mass is 424 g/mol. The summed E-state index contributed by atoms with van der Waals surface area (Å²) in [5.41, 5.74) is 2.42. The van der Waals surface area contributed by atoms with Gasteiger partial charge in [0.05, 0.1) is 6.61 Å².